The van der Waals surface area contributed by atoms with Crippen LogP contribution in [0.5, 0.6) is 0 Å². The van der Waals surface area contributed by atoms with Crippen LogP contribution in [0.4, 0.5) is 0 Å². The first-order chi connectivity index (χ1) is 5.75. The second-order valence-electron chi connectivity index (χ2n) is 3.61. The average molecular weight is 207 g/mol. The molecule has 0 saturated heterocycles. The zero-order valence-corrected chi connectivity index (χ0v) is 9.17. The molecule has 1 atom stereocenters. The van der Waals surface area contributed by atoms with Crippen molar-refractivity contribution in [2.24, 2.45) is 0 Å². The molecule has 0 fully saturated rings. The first kappa shape index (κ1) is 12.6. The summed E-state index contributed by atoms with van der Waals surface area (Å²) in [4.78, 5) is 0. The number of nitrogens with zero attached hydrogens (tertiary/aromatic N) is 1. The molecule has 0 aromatic carbocycles. The van der Waals surface area contributed by atoms with Crippen LogP contribution in [-0.4, -0.2) is 43.5 Å². The van der Waals surface area contributed by atoms with Crippen LogP contribution in [0.1, 0.15) is 13.3 Å². The molecule has 0 aliphatic rings. The smallest absolute Gasteiger partial charge is 0.178 e. The van der Waals surface area contributed by atoms with E-state index in [4.69, 9.17) is 0 Å². The molecule has 0 aromatic rings. The van der Waals surface area contributed by atoms with Gasteiger partial charge in [0.1, 0.15) is 10.1 Å². The molecule has 0 spiro atoms. The van der Waals surface area contributed by atoms with Gasteiger partial charge in [-0.05, 0) is 6.08 Å². The summed E-state index contributed by atoms with van der Waals surface area (Å²) >= 11 is 0. The number of quaternary nitrogens is 1. The summed E-state index contributed by atoms with van der Waals surface area (Å²) in [5, 5.41) is -0.884. The Balaban J connectivity index is 4.87. The fourth-order valence-electron chi connectivity index (χ4n) is 1.50. The van der Waals surface area contributed by atoms with Crippen molar-refractivity contribution in [2.75, 3.05) is 20.6 Å². The van der Waals surface area contributed by atoms with E-state index in [2.05, 4.69) is 6.58 Å². The normalized spacial score (nSPS) is 15.4. The van der Waals surface area contributed by atoms with Crippen LogP contribution < -0.4 is 0 Å². The third kappa shape index (κ3) is 3.46. The van der Waals surface area contributed by atoms with Crippen LogP contribution in [0.25, 0.3) is 0 Å². The molecule has 78 valence electrons. The molecule has 0 aliphatic carbocycles. The van der Waals surface area contributed by atoms with Gasteiger partial charge in [-0.2, -0.15) is 0 Å². The van der Waals surface area contributed by atoms with Gasteiger partial charge < -0.3 is 9.04 Å². The van der Waals surface area contributed by atoms with E-state index in [0.29, 0.717) is 13.0 Å². The van der Waals surface area contributed by atoms with Crippen molar-refractivity contribution in [1.29, 1.82) is 0 Å². The first-order valence-electron chi connectivity index (χ1n) is 4.14. The SMILES string of the molecule is C=CC[N+](C)(C)C(CC)S(=O)(=O)[O-]. The Morgan fingerprint density at radius 1 is 1.54 bits per heavy atom. The number of rotatable bonds is 5. The van der Waals surface area contributed by atoms with E-state index in [1.54, 1.807) is 27.1 Å². The van der Waals surface area contributed by atoms with Crippen LogP contribution in [0.15, 0.2) is 12.7 Å². The summed E-state index contributed by atoms with van der Waals surface area (Å²) in [5.74, 6) is 0. The standard InChI is InChI=1S/C8H17NO3S/c1-5-7-9(3,4)8(6-2)13(10,11)12/h5,8H,1,6-7H2,2-4H3. The van der Waals surface area contributed by atoms with Gasteiger partial charge >= 0.3 is 0 Å². The predicted molar refractivity (Wildman–Crippen MR) is 50.9 cm³/mol. The highest BCUT2D eigenvalue weighted by atomic mass is 32.2. The Labute approximate surface area is 80.2 Å². The van der Waals surface area contributed by atoms with Crippen molar-refractivity contribution >= 4 is 10.1 Å². The van der Waals surface area contributed by atoms with Crippen molar-refractivity contribution < 1.29 is 17.5 Å². The van der Waals surface area contributed by atoms with Gasteiger partial charge in [0.25, 0.3) is 0 Å². The molecule has 0 heterocycles. The monoisotopic (exact) mass is 207 g/mol. The maximum atomic E-state index is 10.9. The minimum atomic E-state index is -4.22. The number of likely N-dealkylation sites (N-methyl/N-ethyl adjacent to an activating group) is 1. The highest BCUT2D eigenvalue weighted by Gasteiger charge is 2.30. The lowest BCUT2D eigenvalue weighted by molar-refractivity contribution is -0.896. The molecule has 0 bridgehead atoms. The quantitative estimate of drug-likeness (QED) is 0.375. The molecular formula is C8H17NO3S. The first-order valence-corrected chi connectivity index (χ1v) is 5.61. The molecule has 0 saturated carbocycles. The van der Waals surface area contributed by atoms with Crippen molar-refractivity contribution in [3.63, 3.8) is 0 Å². The van der Waals surface area contributed by atoms with Gasteiger partial charge in [0.15, 0.2) is 5.37 Å². The molecule has 1 unspecified atom stereocenters. The Morgan fingerprint density at radius 2 is 2.00 bits per heavy atom. The lowest BCUT2D eigenvalue weighted by Gasteiger charge is -2.37. The van der Waals surface area contributed by atoms with Crippen molar-refractivity contribution in [3.8, 4) is 0 Å². The maximum absolute atomic E-state index is 10.9. The van der Waals surface area contributed by atoms with Crippen molar-refractivity contribution in [3.05, 3.63) is 12.7 Å². The van der Waals surface area contributed by atoms with Crippen LogP contribution >= 0.6 is 0 Å². The summed E-state index contributed by atoms with van der Waals surface area (Å²) in [6.45, 7) is 5.70. The summed E-state index contributed by atoms with van der Waals surface area (Å²) in [5.41, 5.74) is 0. The molecule has 4 nitrogen and oxygen atoms in total. The number of hydrogen-bond donors (Lipinski definition) is 0. The van der Waals surface area contributed by atoms with Gasteiger partial charge in [-0.1, -0.05) is 13.5 Å². The Bertz CT molecular complexity index is 269. The van der Waals surface area contributed by atoms with E-state index >= 15 is 0 Å². The Hall–Kier alpha value is -0.390. The molecule has 0 aliphatic heterocycles. The van der Waals surface area contributed by atoms with Crippen LogP contribution in [0.2, 0.25) is 0 Å². The fraction of sp³-hybridized carbons (Fsp3) is 0.750. The topological polar surface area (TPSA) is 57.2 Å². The molecule has 5 heteroatoms. The number of hydrogen-bond acceptors (Lipinski definition) is 3. The summed E-state index contributed by atoms with van der Waals surface area (Å²) < 4.78 is 32.8. The maximum Gasteiger partial charge on any atom is 0.178 e. The highest BCUT2D eigenvalue weighted by molar-refractivity contribution is 7.86. The van der Waals surface area contributed by atoms with Crippen LogP contribution in [-0.2, 0) is 10.1 Å². The Kier molecular flexibility index (Phi) is 4.09. The highest BCUT2D eigenvalue weighted by Crippen LogP contribution is 2.15. The molecule has 13 heavy (non-hydrogen) atoms. The molecule has 0 aromatic heterocycles. The van der Waals surface area contributed by atoms with Crippen LogP contribution in [0.3, 0.4) is 0 Å². The molecular weight excluding hydrogens is 190 g/mol. The van der Waals surface area contributed by atoms with E-state index < -0.39 is 15.5 Å². The minimum Gasteiger partial charge on any atom is -0.743 e. The average Bonchev–Trinajstić information content (AvgIpc) is 1.83. The minimum absolute atomic E-state index is 0.145. The lowest BCUT2D eigenvalue weighted by Crippen LogP contribution is -2.52. The molecule has 0 radical (unpaired) electrons. The van der Waals surface area contributed by atoms with Gasteiger partial charge in [-0.15, -0.1) is 0 Å². The van der Waals surface area contributed by atoms with E-state index in [1.165, 1.54) is 0 Å². The summed E-state index contributed by atoms with van der Waals surface area (Å²) in [7, 11) is -0.793. The second-order valence-corrected chi connectivity index (χ2v) is 5.14. The molecule has 0 rings (SSSR count). The largest absolute Gasteiger partial charge is 0.743 e. The summed E-state index contributed by atoms with van der Waals surface area (Å²) in [6.07, 6.45) is 1.94. The van der Waals surface area contributed by atoms with Gasteiger partial charge in [-0.25, -0.2) is 8.42 Å². The van der Waals surface area contributed by atoms with E-state index in [1.807, 2.05) is 0 Å². The fourth-order valence-corrected chi connectivity index (χ4v) is 2.69. The summed E-state index contributed by atoms with van der Waals surface area (Å²) in [6, 6.07) is 0. The van der Waals surface area contributed by atoms with Crippen LogP contribution in [0, 0.1) is 0 Å². The zero-order chi connectivity index (χ0) is 10.7. The molecule has 0 amide bonds. The third-order valence-electron chi connectivity index (χ3n) is 2.06. The third-order valence-corrected chi connectivity index (χ3v) is 3.63. The van der Waals surface area contributed by atoms with Crippen molar-refractivity contribution in [1.82, 2.24) is 0 Å². The second kappa shape index (κ2) is 4.21. The van der Waals surface area contributed by atoms with Crippen molar-refractivity contribution in [2.45, 2.75) is 18.7 Å². The van der Waals surface area contributed by atoms with E-state index in [-0.39, 0.29) is 4.48 Å². The molecule has 0 N–H and O–H groups in total. The Morgan fingerprint density at radius 3 is 2.23 bits per heavy atom. The van der Waals surface area contributed by atoms with E-state index in [9.17, 15) is 13.0 Å². The van der Waals surface area contributed by atoms with Gasteiger partial charge in [0.2, 0.25) is 0 Å². The predicted octanol–water partition coefficient (Wildman–Crippen LogP) is 0.530. The van der Waals surface area contributed by atoms with Gasteiger partial charge in [0.05, 0.1) is 20.6 Å². The van der Waals surface area contributed by atoms with Gasteiger partial charge in [0, 0.05) is 6.42 Å². The van der Waals surface area contributed by atoms with Gasteiger partial charge in [-0.3, -0.25) is 0 Å². The zero-order valence-electron chi connectivity index (χ0n) is 8.36. The lowest BCUT2D eigenvalue weighted by atomic mass is 10.3. The van der Waals surface area contributed by atoms with E-state index in [0.717, 1.165) is 0 Å².